The van der Waals surface area contributed by atoms with E-state index in [1.54, 1.807) is 17.0 Å². The normalized spacial score (nSPS) is 19.4. The molecule has 0 radical (unpaired) electrons. The first-order chi connectivity index (χ1) is 7.63. The molecule has 0 aliphatic carbocycles. The van der Waals surface area contributed by atoms with E-state index in [4.69, 9.17) is 0 Å². The third kappa shape index (κ3) is 1.97. The molecule has 0 saturated carbocycles. The van der Waals surface area contributed by atoms with Gasteiger partial charge in [-0.3, -0.25) is 9.00 Å². The summed E-state index contributed by atoms with van der Waals surface area (Å²) >= 11 is 3.35. The SMILES string of the molecule is C=CCN1C(=O)CS(=O)c2ccc(Br)cc21. The lowest BCUT2D eigenvalue weighted by Crippen LogP contribution is -2.39. The smallest absolute Gasteiger partial charge is 0.240 e. The molecule has 1 atom stereocenters. The van der Waals surface area contributed by atoms with E-state index in [0.29, 0.717) is 17.1 Å². The highest BCUT2D eigenvalue weighted by atomic mass is 79.9. The van der Waals surface area contributed by atoms with E-state index in [2.05, 4.69) is 22.5 Å². The zero-order valence-electron chi connectivity index (χ0n) is 8.48. The molecule has 16 heavy (non-hydrogen) atoms. The van der Waals surface area contributed by atoms with Crippen molar-refractivity contribution in [1.82, 2.24) is 0 Å². The van der Waals surface area contributed by atoms with Gasteiger partial charge in [-0.1, -0.05) is 22.0 Å². The summed E-state index contributed by atoms with van der Waals surface area (Å²) in [6.45, 7) is 4.07. The molecular formula is C11H10BrNO2S. The molecular weight excluding hydrogens is 290 g/mol. The van der Waals surface area contributed by atoms with Crippen molar-refractivity contribution >= 4 is 38.3 Å². The molecule has 1 aromatic carbocycles. The average molecular weight is 300 g/mol. The summed E-state index contributed by atoms with van der Waals surface area (Å²) < 4.78 is 12.6. The van der Waals surface area contributed by atoms with Crippen molar-refractivity contribution in [1.29, 1.82) is 0 Å². The van der Waals surface area contributed by atoms with E-state index in [0.717, 1.165) is 4.47 Å². The van der Waals surface area contributed by atoms with Crippen molar-refractivity contribution in [3.63, 3.8) is 0 Å². The van der Waals surface area contributed by atoms with E-state index in [9.17, 15) is 9.00 Å². The Labute approximate surface area is 105 Å². The van der Waals surface area contributed by atoms with Gasteiger partial charge in [-0.05, 0) is 18.2 Å². The number of hydrogen-bond donors (Lipinski definition) is 0. The Bertz CT molecular complexity index is 487. The molecule has 0 aromatic heterocycles. The first-order valence-corrected chi connectivity index (χ1v) is 6.84. The van der Waals surface area contributed by atoms with Crippen LogP contribution < -0.4 is 4.90 Å². The summed E-state index contributed by atoms with van der Waals surface area (Å²) in [5.74, 6) is -0.0634. The number of carbonyl (C=O) groups is 1. The van der Waals surface area contributed by atoms with Crippen LogP contribution in [0.25, 0.3) is 0 Å². The molecule has 2 rings (SSSR count). The average Bonchev–Trinajstić information content (AvgIpc) is 2.23. The van der Waals surface area contributed by atoms with Gasteiger partial charge in [0.05, 0.1) is 21.4 Å². The molecule has 0 fully saturated rings. The van der Waals surface area contributed by atoms with Gasteiger partial charge in [0, 0.05) is 11.0 Å². The number of carbonyl (C=O) groups excluding carboxylic acids is 1. The number of fused-ring (bicyclic) bond motifs is 1. The first-order valence-electron chi connectivity index (χ1n) is 4.72. The second-order valence-electron chi connectivity index (χ2n) is 3.39. The van der Waals surface area contributed by atoms with E-state index in [1.807, 2.05) is 12.1 Å². The number of rotatable bonds is 2. The van der Waals surface area contributed by atoms with Gasteiger partial charge in [-0.25, -0.2) is 0 Å². The lowest BCUT2D eigenvalue weighted by Gasteiger charge is -2.27. The molecule has 84 valence electrons. The van der Waals surface area contributed by atoms with Crippen LogP contribution in [0, 0.1) is 0 Å². The number of halogens is 1. The second-order valence-corrected chi connectivity index (χ2v) is 5.73. The van der Waals surface area contributed by atoms with E-state index < -0.39 is 10.8 Å². The highest BCUT2D eigenvalue weighted by Gasteiger charge is 2.28. The fourth-order valence-corrected chi connectivity index (χ4v) is 3.13. The van der Waals surface area contributed by atoms with Gasteiger partial charge >= 0.3 is 0 Å². The Morgan fingerprint density at radius 1 is 1.56 bits per heavy atom. The fourth-order valence-electron chi connectivity index (χ4n) is 1.63. The Morgan fingerprint density at radius 2 is 2.31 bits per heavy atom. The summed E-state index contributed by atoms with van der Waals surface area (Å²) in [5.41, 5.74) is 0.712. The maximum absolute atomic E-state index is 11.8. The molecule has 1 aromatic rings. The van der Waals surface area contributed by atoms with Crippen LogP contribution >= 0.6 is 15.9 Å². The molecule has 0 bridgehead atoms. The summed E-state index contributed by atoms with van der Waals surface area (Å²) in [4.78, 5) is 14.1. The van der Waals surface area contributed by atoms with E-state index in [-0.39, 0.29) is 11.7 Å². The number of nitrogens with zero attached hydrogens (tertiary/aromatic N) is 1. The summed E-state index contributed by atoms with van der Waals surface area (Å²) in [6, 6.07) is 5.43. The highest BCUT2D eigenvalue weighted by Crippen LogP contribution is 2.31. The molecule has 0 N–H and O–H groups in total. The van der Waals surface area contributed by atoms with Crippen LogP contribution in [0.1, 0.15) is 0 Å². The Hall–Kier alpha value is -0.940. The maximum Gasteiger partial charge on any atom is 0.240 e. The first kappa shape index (κ1) is 11.5. The predicted molar refractivity (Wildman–Crippen MR) is 68.0 cm³/mol. The van der Waals surface area contributed by atoms with Crippen molar-refractivity contribution < 1.29 is 9.00 Å². The number of benzene rings is 1. The van der Waals surface area contributed by atoms with Crippen LogP contribution in [0.5, 0.6) is 0 Å². The number of hydrogen-bond acceptors (Lipinski definition) is 2. The van der Waals surface area contributed by atoms with Gasteiger partial charge in [0.1, 0.15) is 5.75 Å². The van der Waals surface area contributed by atoms with Crippen molar-refractivity contribution in [2.45, 2.75) is 4.90 Å². The molecule has 1 amide bonds. The molecule has 0 saturated heterocycles. The number of amides is 1. The lowest BCUT2D eigenvalue weighted by atomic mass is 10.2. The Kier molecular flexibility index (Phi) is 3.25. The summed E-state index contributed by atoms with van der Waals surface area (Å²) in [6.07, 6.45) is 1.66. The lowest BCUT2D eigenvalue weighted by molar-refractivity contribution is -0.116. The molecule has 1 aliphatic heterocycles. The molecule has 3 nitrogen and oxygen atoms in total. The minimum absolute atomic E-state index is 0.0580. The molecule has 1 heterocycles. The van der Waals surface area contributed by atoms with Crippen LogP contribution in [-0.2, 0) is 15.6 Å². The van der Waals surface area contributed by atoms with Crippen LogP contribution in [0.4, 0.5) is 5.69 Å². The predicted octanol–water partition coefficient (Wildman–Crippen LogP) is 2.09. The van der Waals surface area contributed by atoms with Gasteiger partial charge in [0.2, 0.25) is 5.91 Å². The molecule has 1 unspecified atom stereocenters. The molecule has 5 heteroatoms. The van der Waals surface area contributed by atoms with Crippen LogP contribution in [-0.4, -0.2) is 22.4 Å². The van der Waals surface area contributed by atoms with E-state index in [1.165, 1.54) is 0 Å². The van der Waals surface area contributed by atoms with Crippen molar-refractivity contribution in [3.8, 4) is 0 Å². The zero-order chi connectivity index (χ0) is 11.7. The topological polar surface area (TPSA) is 37.4 Å². The van der Waals surface area contributed by atoms with Crippen molar-refractivity contribution in [3.05, 3.63) is 35.3 Å². The fraction of sp³-hybridized carbons (Fsp3) is 0.182. The highest BCUT2D eigenvalue weighted by molar-refractivity contribution is 9.10. The monoisotopic (exact) mass is 299 g/mol. The van der Waals surface area contributed by atoms with Gasteiger partial charge in [-0.2, -0.15) is 0 Å². The van der Waals surface area contributed by atoms with Crippen LogP contribution in [0.15, 0.2) is 40.2 Å². The maximum atomic E-state index is 11.8. The standard InChI is InChI=1S/C11H10BrNO2S/c1-2-5-13-9-6-8(12)3-4-10(9)16(15)7-11(13)14/h2-4,6H,1,5,7H2. The largest absolute Gasteiger partial charge is 0.307 e. The Balaban J connectivity index is 2.55. The van der Waals surface area contributed by atoms with E-state index >= 15 is 0 Å². The van der Waals surface area contributed by atoms with Gasteiger partial charge in [0.25, 0.3) is 0 Å². The zero-order valence-corrected chi connectivity index (χ0v) is 10.9. The number of anilines is 1. The third-order valence-corrected chi connectivity index (χ3v) is 4.16. The minimum atomic E-state index is -1.22. The molecule has 0 spiro atoms. The minimum Gasteiger partial charge on any atom is -0.307 e. The van der Waals surface area contributed by atoms with Crippen LogP contribution in [0.3, 0.4) is 0 Å². The summed E-state index contributed by atoms with van der Waals surface area (Å²) in [5, 5.41) is 0. The molecule has 1 aliphatic rings. The Morgan fingerprint density at radius 3 is 3.00 bits per heavy atom. The second kappa shape index (κ2) is 4.51. The van der Waals surface area contributed by atoms with Gasteiger partial charge < -0.3 is 4.90 Å². The summed E-state index contributed by atoms with van der Waals surface area (Å²) in [7, 11) is -1.22. The third-order valence-electron chi connectivity index (χ3n) is 2.32. The van der Waals surface area contributed by atoms with Crippen LogP contribution in [0.2, 0.25) is 0 Å². The van der Waals surface area contributed by atoms with Crippen molar-refractivity contribution in [2.24, 2.45) is 0 Å². The van der Waals surface area contributed by atoms with Gasteiger partial charge in [0.15, 0.2) is 0 Å². The van der Waals surface area contributed by atoms with Crippen molar-refractivity contribution in [2.75, 3.05) is 17.2 Å². The quantitative estimate of drug-likeness (QED) is 0.784. The van der Waals surface area contributed by atoms with Gasteiger partial charge in [-0.15, -0.1) is 6.58 Å².